The van der Waals surface area contributed by atoms with Crippen LogP contribution in [0.4, 0.5) is 0 Å². The van der Waals surface area contributed by atoms with Gasteiger partial charge in [-0.05, 0) is 32.4 Å². The third-order valence-electron chi connectivity index (χ3n) is 3.11. The van der Waals surface area contributed by atoms with E-state index in [2.05, 4.69) is 10.2 Å². The molecule has 1 aliphatic rings. The lowest BCUT2D eigenvalue weighted by Gasteiger charge is -2.34. The number of methoxy groups -OCH3 is 1. The third kappa shape index (κ3) is 4.47. The summed E-state index contributed by atoms with van der Waals surface area (Å²) in [7, 11) is 3.67. The van der Waals surface area contributed by atoms with Gasteiger partial charge in [0.05, 0.1) is 13.2 Å². The van der Waals surface area contributed by atoms with E-state index in [0.717, 1.165) is 26.2 Å². The van der Waals surface area contributed by atoms with Crippen LogP contribution in [0.3, 0.4) is 0 Å². The van der Waals surface area contributed by atoms with E-state index in [4.69, 9.17) is 9.84 Å². The van der Waals surface area contributed by atoms with Crippen LogP contribution in [0.15, 0.2) is 0 Å². The molecule has 1 saturated heterocycles. The molecule has 1 heterocycles. The van der Waals surface area contributed by atoms with Gasteiger partial charge in [0.2, 0.25) is 0 Å². The van der Waals surface area contributed by atoms with Gasteiger partial charge in [0.15, 0.2) is 0 Å². The minimum Gasteiger partial charge on any atom is -0.395 e. The number of likely N-dealkylation sites (N-methyl/N-ethyl adjacent to an activating group) is 1. The highest BCUT2D eigenvalue weighted by atomic mass is 16.5. The van der Waals surface area contributed by atoms with Crippen LogP contribution in [-0.2, 0) is 4.74 Å². The first-order valence-electron chi connectivity index (χ1n) is 5.79. The van der Waals surface area contributed by atoms with Gasteiger partial charge in [0.25, 0.3) is 0 Å². The largest absolute Gasteiger partial charge is 0.395 e. The maximum atomic E-state index is 9.11. The number of likely N-dealkylation sites (tertiary alicyclic amines) is 1. The standard InChI is InChI=1S/C11H24N2O2/c1-12-11(8-14)7-13-5-3-4-10(6-13)9-15-2/h10-12,14H,3-9H2,1-2H3. The molecule has 0 spiro atoms. The molecule has 2 unspecified atom stereocenters. The van der Waals surface area contributed by atoms with E-state index >= 15 is 0 Å². The summed E-state index contributed by atoms with van der Waals surface area (Å²) in [5.41, 5.74) is 0. The smallest absolute Gasteiger partial charge is 0.0597 e. The summed E-state index contributed by atoms with van der Waals surface area (Å²) in [5.74, 6) is 0.667. The SMILES string of the molecule is CNC(CO)CN1CCCC(COC)C1. The molecule has 0 radical (unpaired) electrons. The average Bonchev–Trinajstić information content (AvgIpc) is 2.27. The van der Waals surface area contributed by atoms with Crippen LogP contribution in [0, 0.1) is 5.92 Å². The Morgan fingerprint density at radius 3 is 3.00 bits per heavy atom. The lowest BCUT2D eigenvalue weighted by Crippen LogP contribution is -2.46. The molecular weight excluding hydrogens is 192 g/mol. The van der Waals surface area contributed by atoms with Gasteiger partial charge in [0, 0.05) is 26.2 Å². The van der Waals surface area contributed by atoms with Gasteiger partial charge in [-0.25, -0.2) is 0 Å². The van der Waals surface area contributed by atoms with Gasteiger partial charge in [-0.3, -0.25) is 0 Å². The van der Waals surface area contributed by atoms with Crippen LogP contribution in [0.2, 0.25) is 0 Å². The summed E-state index contributed by atoms with van der Waals surface area (Å²) in [6.45, 7) is 4.26. The van der Waals surface area contributed by atoms with E-state index < -0.39 is 0 Å². The monoisotopic (exact) mass is 216 g/mol. The number of hydrogen-bond acceptors (Lipinski definition) is 4. The second-order valence-electron chi connectivity index (χ2n) is 4.39. The van der Waals surface area contributed by atoms with Crippen molar-refractivity contribution in [2.45, 2.75) is 18.9 Å². The first-order valence-corrected chi connectivity index (χ1v) is 5.79. The van der Waals surface area contributed by atoms with Crippen molar-refractivity contribution < 1.29 is 9.84 Å². The lowest BCUT2D eigenvalue weighted by atomic mass is 9.98. The molecule has 2 N–H and O–H groups in total. The number of hydrogen-bond donors (Lipinski definition) is 2. The molecule has 0 aromatic heterocycles. The average molecular weight is 216 g/mol. The highest BCUT2D eigenvalue weighted by Crippen LogP contribution is 2.16. The molecular formula is C11H24N2O2. The minimum absolute atomic E-state index is 0.200. The summed E-state index contributed by atoms with van der Waals surface area (Å²) >= 11 is 0. The zero-order chi connectivity index (χ0) is 11.1. The molecule has 1 fully saturated rings. The third-order valence-corrected chi connectivity index (χ3v) is 3.11. The van der Waals surface area contributed by atoms with Gasteiger partial charge in [-0.1, -0.05) is 0 Å². The van der Waals surface area contributed by atoms with Gasteiger partial charge in [-0.2, -0.15) is 0 Å². The quantitative estimate of drug-likeness (QED) is 0.652. The second kappa shape index (κ2) is 7.17. The maximum absolute atomic E-state index is 9.11. The summed E-state index contributed by atoms with van der Waals surface area (Å²) in [6, 6.07) is 0.200. The van der Waals surface area contributed by atoms with Crippen LogP contribution < -0.4 is 5.32 Å². The number of aliphatic hydroxyl groups is 1. The highest BCUT2D eigenvalue weighted by Gasteiger charge is 2.21. The van der Waals surface area contributed by atoms with Crippen molar-refractivity contribution >= 4 is 0 Å². The summed E-state index contributed by atoms with van der Waals surface area (Å²) in [5, 5.41) is 12.2. The molecule has 0 amide bonds. The summed E-state index contributed by atoms with van der Waals surface area (Å²) < 4.78 is 5.20. The number of piperidine rings is 1. The predicted molar refractivity (Wildman–Crippen MR) is 61.0 cm³/mol. The van der Waals surface area contributed by atoms with E-state index in [0.29, 0.717) is 5.92 Å². The number of nitrogens with one attached hydrogen (secondary N) is 1. The Hall–Kier alpha value is -0.160. The molecule has 90 valence electrons. The number of ether oxygens (including phenoxy) is 1. The van der Waals surface area contributed by atoms with Crippen LogP contribution in [0.25, 0.3) is 0 Å². The molecule has 15 heavy (non-hydrogen) atoms. The van der Waals surface area contributed by atoms with Gasteiger partial charge in [-0.15, -0.1) is 0 Å². The van der Waals surface area contributed by atoms with Crippen molar-refractivity contribution in [2.24, 2.45) is 5.92 Å². The molecule has 2 atom stereocenters. The molecule has 4 nitrogen and oxygen atoms in total. The lowest BCUT2D eigenvalue weighted by molar-refractivity contribution is 0.0807. The van der Waals surface area contributed by atoms with Crippen molar-refractivity contribution in [1.29, 1.82) is 0 Å². The van der Waals surface area contributed by atoms with Crippen LogP contribution in [-0.4, -0.2) is 63.1 Å². The topological polar surface area (TPSA) is 44.7 Å². The van der Waals surface area contributed by atoms with Gasteiger partial charge >= 0.3 is 0 Å². The van der Waals surface area contributed by atoms with E-state index in [1.54, 1.807) is 7.11 Å². The Kier molecular flexibility index (Phi) is 6.17. The van der Waals surface area contributed by atoms with Crippen LogP contribution >= 0.6 is 0 Å². The van der Waals surface area contributed by atoms with E-state index in [-0.39, 0.29) is 12.6 Å². The zero-order valence-corrected chi connectivity index (χ0v) is 9.91. The zero-order valence-electron chi connectivity index (χ0n) is 9.91. The molecule has 0 aromatic carbocycles. The maximum Gasteiger partial charge on any atom is 0.0597 e. The molecule has 0 aromatic rings. The molecule has 1 rings (SSSR count). The Morgan fingerprint density at radius 2 is 2.40 bits per heavy atom. The number of aliphatic hydroxyl groups excluding tert-OH is 1. The first kappa shape index (κ1) is 12.9. The Balaban J connectivity index is 2.28. The van der Waals surface area contributed by atoms with Gasteiger partial charge in [0.1, 0.15) is 0 Å². The molecule has 0 aliphatic carbocycles. The Bertz CT molecular complexity index is 161. The fourth-order valence-corrected chi connectivity index (χ4v) is 2.24. The fourth-order valence-electron chi connectivity index (χ4n) is 2.24. The first-order chi connectivity index (χ1) is 7.30. The van der Waals surface area contributed by atoms with Crippen molar-refractivity contribution in [1.82, 2.24) is 10.2 Å². The van der Waals surface area contributed by atoms with Crippen LogP contribution in [0.5, 0.6) is 0 Å². The molecule has 0 saturated carbocycles. The highest BCUT2D eigenvalue weighted by molar-refractivity contribution is 4.76. The van der Waals surface area contributed by atoms with E-state index in [1.165, 1.54) is 12.8 Å². The number of rotatable bonds is 6. The predicted octanol–water partition coefficient (Wildman–Crippen LogP) is -0.0749. The molecule has 1 aliphatic heterocycles. The molecule has 4 heteroatoms. The second-order valence-corrected chi connectivity index (χ2v) is 4.39. The normalized spacial score (nSPS) is 25.4. The number of nitrogens with zero attached hydrogens (tertiary/aromatic N) is 1. The van der Waals surface area contributed by atoms with Crippen LogP contribution in [0.1, 0.15) is 12.8 Å². The minimum atomic E-state index is 0.200. The Morgan fingerprint density at radius 1 is 1.60 bits per heavy atom. The van der Waals surface area contributed by atoms with Crippen molar-refractivity contribution in [2.75, 3.05) is 47.0 Å². The Labute approximate surface area is 92.6 Å². The van der Waals surface area contributed by atoms with E-state index in [9.17, 15) is 0 Å². The summed E-state index contributed by atoms with van der Waals surface area (Å²) in [4.78, 5) is 2.42. The fraction of sp³-hybridized carbons (Fsp3) is 1.00. The van der Waals surface area contributed by atoms with Gasteiger partial charge < -0.3 is 20.1 Å². The van der Waals surface area contributed by atoms with Crippen molar-refractivity contribution in [3.05, 3.63) is 0 Å². The summed E-state index contributed by atoms with van der Waals surface area (Å²) in [6.07, 6.45) is 2.52. The molecule has 0 bridgehead atoms. The van der Waals surface area contributed by atoms with Crippen molar-refractivity contribution in [3.8, 4) is 0 Å². The van der Waals surface area contributed by atoms with E-state index in [1.807, 2.05) is 7.05 Å². The van der Waals surface area contributed by atoms with Crippen molar-refractivity contribution in [3.63, 3.8) is 0 Å².